The quantitative estimate of drug-likeness (QED) is 0.172. The molecule has 256 valence electrons. The molecule has 0 saturated heterocycles. The maximum atomic E-state index is 2.43. The molecule has 3 heteroatoms. The van der Waals surface area contributed by atoms with Crippen LogP contribution < -0.4 is 0 Å². The SMILES string of the molecule is c1ccc(-n2c3ccccc3c3cc(-c4ccc(-c5ccc6c(c5)c5ccccc5n6-c5ccc6c(c5)sc5ccccc56)c5ccccc45)ccc32)cc1. The number of fused-ring (bicyclic) bond motifs is 10. The highest BCUT2D eigenvalue weighted by Gasteiger charge is 2.18. The lowest BCUT2D eigenvalue weighted by molar-refractivity contribution is 1.18. The van der Waals surface area contributed by atoms with Gasteiger partial charge in [0, 0.05) is 53.1 Å². The zero-order chi connectivity index (χ0) is 36.0. The van der Waals surface area contributed by atoms with Gasteiger partial charge in [0.2, 0.25) is 0 Å². The van der Waals surface area contributed by atoms with Crippen LogP contribution in [0.15, 0.2) is 194 Å². The molecular formula is C52H32N2S. The summed E-state index contributed by atoms with van der Waals surface area (Å²) < 4.78 is 7.46. The van der Waals surface area contributed by atoms with E-state index in [1.165, 1.54) is 108 Å². The summed E-state index contributed by atoms with van der Waals surface area (Å²) in [5.41, 5.74) is 12.2. The molecule has 0 unspecified atom stereocenters. The van der Waals surface area contributed by atoms with Gasteiger partial charge < -0.3 is 9.13 Å². The van der Waals surface area contributed by atoms with E-state index in [0.717, 1.165) is 0 Å². The summed E-state index contributed by atoms with van der Waals surface area (Å²) in [5, 5.41) is 10.2. The van der Waals surface area contributed by atoms with Crippen LogP contribution in [0.3, 0.4) is 0 Å². The highest BCUT2D eigenvalue weighted by atomic mass is 32.1. The minimum Gasteiger partial charge on any atom is -0.309 e. The third-order valence-electron chi connectivity index (χ3n) is 11.5. The third kappa shape index (κ3) is 4.54. The van der Waals surface area contributed by atoms with Crippen molar-refractivity contribution in [3.05, 3.63) is 194 Å². The second-order valence-electron chi connectivity index (χ2n) is 14.5. The van der Waals surface area contributed by atoms with Gasteiger partial charge in [0.05, 0.1) is 22.1 Å². The second-order valence-corrected chi connectivity index (χ2v) is 15.6. The van der Waals surface area contributed by atoms with Crippen LogP contribution in [0.4, 0.5) is 0 Å². The lowest BCUT2D eigenvalue weighted by atomic mass is 9.91. The molecule has 0 radical (unpaired) electrons. The van der Waals surface area contributed by atoms with Crippen LogP contribution in [0, 0.1) is 0 Å². The van der Waals surface area contributed by atoms with Gasteiger partial charge in [-0.05, 0) is 99.8 Å². The Morgan fingerprint density at radius 1 is 0.273 bits per heavy atom. The van der Waals surface area contributed by atoms with E-state index in [0.29, 0.717) is 0 Å². The lowest BCUT2D eigenvalue weighted by Crippen LogP contribution is -1.93. The fourth-order valence-electron chi connectivity index (χ4n) is 9.07. The van der Waals surface area contributed by atoms with Gasteiger partial charge in [-0.25, -0.2) is 0 Å². The van der Waals surface area contributed by atoms with Gasteiger partial charge in [-0.1, -0.05) is 127 Å². The second kappa shape index (κ2) is 11.8. The molecule has 0 aliphatic heterocycles. The van der Waals surface area contributed by atoms with Crippen molar-refractivity contribution in [3.63, 3.8) is 0 Å². The van der Waals surface area contributed by atoms with Crippen LogP contribution in [-0.2, 0) is 0 Å². The van der Waals surface area contributed by atoms with E-state index >= 15 is 0 Å². The highest BCUT2D eigenvalue weighted by Crippen LogP contribution is 2.42. The van der Waals surface area contributed by atoms with Gasteiger partial charge in [-0.15, -0.1) is 11.3 Å². The minimum absolute atomic E-state index is 1.17. The Labute approximate surface area is 321 Å². The van der Waals surface area contributed by atoms with Crippen molar-refractivity contribution in [1.29, 1.82) is 0 Å². The summed E-state index contributed by atoms with van der Waals surface area (Å²) in [4.78, 5) is 0. The number of benzene rings is 9. The Bertz CT molecular complexity index is 3490. The molecular weight excluding hydrogens is 685 g/mol. The summed E-state index contributed by atoms with van der Waals surface area (Å²) in [7, 11) is 0. The molecule has 0 bridgehead atoms. The van der Waals surface area contributed by atoms with E-state index in [4.69, 9.17) is 0 Å². The maximum Gasteiger partial charge on any atom is 0.0541 e. The van der Waals surface area contributed by atoms with E-state index in [1.807, 2.05) is 11.3 Å². The average Bonchev–Trinajstić information content (AvgIpc) is 3.90. The van der Waals surface area contributed by atoms with Crippen molar-refractivity contribution in [3.8, 4) is 33.6 Å². The fourth-order valence-corrected chi connectivity index (χ4v) is 10.2. The maximum absolute atomic E-state index is 2.43. The van der Waals surface area contributed by atoms with Crippen LogP contribution in [0.25, 0.3) is 108 Å². The number of hydrogen-bond donors (Lipinski definition) is 0. The van der Waals surface area contributed by atoms with Crippen molar-refractivity contribution < 1.29 is 0 Å². The minimum atomic E-state index is 1.17. The van der Waals surface area contributed by atoms with E-state index in [-0.39, 0.29) is 0 Å². The molecule has 55 heavy (non-hydrogen) atoms. The number of aromatic nitrogens is 2. The van der Waals surface area contributed by atoms with Gasteiger partial charge in [0.25, 0.3) is 0 Å². The number of rotatable bonds is 4. The molecule has 0 amide bonds. The van der Waals surface area contributed by atoms with E-state index in [2.05, 4.69) is 203 Å². The summed E-state index contributed by atoms with van der Waals surface area (Å²) in [6.45, 7) is 0. The molecule has 0 atom stereocenters. The summed E-state index contributed by atoms with van der Waals surface area (Å²) in [6, 6.07) is 71.5. The van der Waals surface area contributed by atoms with Crippen molar-refractivity contribution in [1.82, 2.24) is 9.13 Å². The van der Waals surface area contributed by atoms with E-state index < -0.39 is 0 Å². The fraction of sp³-hybridized carbons (Fsp3) is 0. The largest absolute Gasteiger partial charge is 0.309 e. The molecule has 0 saturated carbocycles. The third-order valence-corrected chi connectivity index (χ3v) is 12.7. The first-order valence-electron chi connectivity index (χ1n) is 18.8. The first-order chi connectivity index (χ1) is 27.3. The summed E-state index contributed by atoms with van der Waals surface area (Å²) in [5.74, 6) is 0. The first-order valence-corrected chi connectivity index (χ1v) is 19.7. The number of hydrogen-bond acceptors (Lipinski definition) is 1. The van der Waals surface area contributed by atoms with Gasteiger partial charge in [0.1, 0.15) is 0 Å². The molecule has 3 heterocycles. The summed E-state index contributed by atoms with van der Waals surface area (Å²) >= 11 is 1.87. The molecule has 0 N–H and O–H groups in total. The molecule has 0 aliphatic rings. The Kier molecular flexibility index (Phi) is 6.54. The lowest BCUT2D eigenvalue weighted by Gasteiger charge is -2.13. The highest BCUT2D eigenvalue weighted by molar-refractivity contribution is 7.25. The predicted octanol–water partition coefficient (Wildman–Crippen LogP) is 14.7. The Morgan fingerprint density at radius 3 is 1.36 bits per heavy atom. The van der Waals surface area contributed by atoms with Crippen LogP contribution >= 0.6 is 11.3 Å². The zero-order valence-corrected chi connectivity index (χ0v) is 30.6. The van der Waals surface area contributed by atoms with Crippen molar-refractivity contribution >= 4 is 85.9 Å². The molecule has 0 aliphatic carbocycles. The van der Waals surface area contributed by atoms with Crippen LogP contribution in [0.1, 0.15) is 0 Å². The standard InChI is InChI=1S/C52H32N2S/c1-2-12-35(13-3-1)53-47-19-9-6-16-41(47)45-30-33(22-28-49(45)53)37-26-27-38(40-15-5-4-14-39(37)40)34-23-29-50-46(31-34)42-17-7-10-20-48(42)54(50)36-24-25-44-43-18-8-11-21-51(43)55-52(44)32-36/h1-32H. The van der Waals surface area contributed by atoms with Crippen LogP contribution in [-0.4, -0.2) is 9.13 Å². The van der Waals surface area contributed by atoms with Crippen LogP contribution in [0.5, 0.6) is 0 Å². The molecule has 3 aromatic heterocycles. The Morgan fingerprint density at radius 2 is 0.745 bits per heavy atom. The van der Waals surface area contributed by atoms with E-state index in [9.17, 15) is 0 Å². The number of thiophene rings is 1. The monoisotopic (exact) mass is 716 g/mol. The Hall–Kier alpha value is -6.94. The first kappa shape index (κ1) is 30.5. The van der Waals surface area contributed by atoms with Gasteiger partial charge in [-0.2, -0.15) is 0 Å². The summed E-state index contributed by atoms with van der Waals surface area (Å²) in [6.07, 6.45) is 0. The molecule has 12 rings (SSSR count). The average molecular weight is 717 g/mol. The van der Waals surface area contributed by atoms with Crippen molar-refractivity contribution in [2.24, 2.45) is 0 Å². The van der Waals surface area contributed by atoms with Crippen LogP contribution in [0.2, 0.25) is 0 Å². The van der Waals surface area contributed by atoms with E-state index in [1.54, 1.807) is 0 Å². The normalized spacial score (nSPS) is 12.0. The van der Waals surface area contributed by atoms with Crippen molar-refractivity contribution in [2.75, 3.05) is 0 Å². The smallest absolute Gasteiger partial charge is 0.0541 e. The Balaban J connectivity index is 1.01. The van der Waals surface area contributed by atoms with Gasteiger partial charge >= 0.3 is 0 Å². The number of para-hydroxylation sites is 3. The zero-order valence-electron chi connectivity index (χ0n) is 29.8. The predicted molar refractivity (Wildman–Crippen MR) is 236 cm³/mol. The molecule has 2 nitrogen and oxygen atoms in total. The molecule has 12 aromatic rings. The van der Waals surface area contributed by atoms with Crippen molar-refractivity contribution in [2.45, 2.75) is 0 Å². The van der Waals surface area contributed by atoms with Gasteiger partial charge in [0.15, 0.2) is 0 Å². The molecule has 0 fully saturated rings. The molecule has 0 spiro atoms. The number of nitrogens with zero attached hydrogens (tertiary/aromatic N) is 2. The molecule has 9 aromatic carbocycles. The topological polar surface area (TPSA) is 9.86 Å². The van der Waals surface area contributed by atoms with Gasteiger partial charge in [-0.3, -0.25) is 0 Å².